The van der Waals surface area contributed by atoms with Crippen molar-refractivity contribution in [1.29, 1.82) is 0 Å². The van der Waals surface area contributed by atoms with Crippen molar-refractivity contribution < 1.29 is 18.7 Å². The molecule has 0 aliphatic carbocycles. The van der Waals surface area contributed by atoms with Crippen molar-refractivity contribution in [2.75, 3.05) is 6.61 Å². The number of ether oxygens (including phenoxy) is 2. The van der Waals surface area contributed by atoms with Gasteiger partial charge in [-0.25, -0.2) is 9.82 Å². The summed E-state index contributed by atoms with van der Waals surface area (Å²) in [5.74, 6) is 0.580. The fourth-order valence-electron chi connectivity index (χ4n) is 2.79. The number of nitrogens with zero attached hydrogens (tertiary/aromatic N) is 1. The van der Waals surface area contributed by atoms with Crippen LogP contribution in [0.15, 0.2) is 71.8 Å². The number of halogens is 1. The first-order valence-corrected chi connectivity index (χ1v) is 9.60. The van der Waals surface area contributed by atoms with Gasteiger partial charge in [0.1, 0.15) is 12.4 Å². The third-order valence-corrected chi connectivity index (χ3v) is 4.34. The van der Waals surface area contributed by atoms with Crippen molar-refractivity contribution in [2.45, 2.75) is 20.5 Å². The van der Waals surface area contributed by atoms with E-state index in [0.717, 1.165) is 16.7 Å². The summed E-state index contributed by atoms with van der Waals surface area (Å²) < 4.78 is 24.5. The second kappa shape index (κ2) is 10.2. The zero-order valence-corrected chi connectivity index (χ0v) is 16.9. The van der Waals surface area contributed by atoms with Crippen LogP contribution in [0.4, 0.5) is 4.39 Å². The molecule has 0 atom stereocenters. The minimum Gasteiger partial charge on any atom is -0.490 e. The number of amides is 1. The second-order valence-electron chi connectivity index (χ2n) is 6.57. The lowest BCUT2D eigenvalue weighted by Gasteiger charge is -2.12. The highest BCUT2D eigenvalue weighted by atomic mass is 19.1. The van der Waals surface area contributed by atoms with Gasteiger partial charge in [0.2, 0.25) is 0 Å². The van der Waals surface area contributed by atoms with Crippen LogP contribution in [-0.4, -0.2) is 18.7 Å². The molecule has 0 fully saturated rings. The van der Waals surface area contributed by atoms with Gasteiger partial charge in [0.25, 0.3) is 5.91 Å². The van der Waals surface area contributed by atoms with Gasteiger partial charge in [-0.05, 0) is 66.9 Å². The lowest BCUT2D eigenvalue weighted by Crippen LogP contribution is -2.18. The van der Waals surface area contributed by atoms with Gasteiger partial charge >= 0.3 is 0 Å². The number of hydrogen-bond acceptors (Lipinski definition) is 4. The first-order chi connectivity index (χ1) is 14.6. The fourth-order valence-corrected chi connectivity index (χ4v) is 2.79. The summed E-state index contributed by atoms with van der Waals surface area (Å²) in [7, 11) is 0. The van der Waals surface area contributed by atoms with Crippen LogP contribution in [0.3, 0.4) is 0 Å². The highest BCUT2D eigenvalue weighted by Gasteiger charge is 2.08. The summed E-state index contributed by atoms with van der Waals surface area (Å²) in [5.41, 5.74) is 5.59. The normalized spacial score (nSPS) is 10.8. The number of hydrogen-bond donors (Lipinski definition) is 1. The molecule has 6 heteroatoms. The lowest BCUT2D eigenvalue weighted by molar-refractivity contribution is 0.0954. The number of hydrazone groups is 1. The smallest absolute Gasteiger partial charge is 0.271 e. The first kappa shape index (κ1) is 21.0. The summed E-state index contributed by atoms with van der Waals surface area (Å²) >= 11 is 0. The molecule has 5 nitrogen and oxygen atoms in total. The third kappa shape index (κ3) is 5.67. The molecule has 3 rings (SSSR count). The molecule has 1 amide bonds. The standard InChI is InChI=1S/C24H23FN2O3/c1-3-29-23-14-19(15-26-27-24(28)21-7-5-4-6-17(21)2)10-13-22(23)30-16-18-8-11-20(25)12-9-18/h4-15H,3,16H2,1-2H3,(H,27,28)/b26-15+. The zero-order valence-electron chi connectivity index (χ0n) is 16.9. The lowest BCUT2D eigenvalue weighted by atomic mass is 10.1. The van der Waals surface area contributed by atoms with Crippen LogP contribution in [0.5, 0.6) is 11.5 Å². The minimum atomic E-state index is -0.285. The molecule has 0 aliphatic heterocycles. The van der Waals surface area contributed by atoms with Gasteiger partial charge in [-0.2, -0.15) is 5.10 Å². The van der Waals surface area contributed by atoms with E-state index < -0.39 is 0 Å². The molecule has 0 spiro atoms. The summed E-state index contributed by atoms with van der Waals surface area (Å²) in [4.78, 5) is 12.2. The summed E-state index contributed by atoms with van der Waals surface area (Å²) in [6, 6.07) is 18.8. The van der Waals surface area contributed by atoms with Crippen LogP contribution < -0.4 is 14.9 Å². The molecule has 154 valence electrons. The van der Waals surface area contributed by atoms with Gasteiger partial charge in [-0.15, -0.1) is 0 Å². The Labute approximate surface area is 175 Å². The average Bonchev–Trinajstić information content (AvgIpc) is 2.75. The molecular formula is C24H23FN2O3. The zero-order chi connectivity index (χ0) is 21.3. The van der Waals surface area contributed by atoms with Crippen LogP contribution in [0.1, 0.15) is 34.0 Å². The number of carbonyl (C=O) groups is 1. The molecule has 30 heavy (non-hydrogen) atoms. The van der Waals surface area contributed by atoms with Gasteiger partial charge in [-0.3, -0.25) is 4.79 Å². The molecular weight excluding hydrogens is 383 g/mol. The van der Waals surface area contributed by atoms with E-state index in [9.17, 15) is 9.18 Å². The Balaban J connectivity index is 1.66. The molecule has 0 unspecified atom stereocenters. The maximum atomic E-state index is 13.0. The first-order valence-electron chi connectivity index (χ1n) is 9.60. The Kier molecular flexibility index (Phi) is 7.16. The molecule has 3 aromatic carbocycles. The van der Waals surface area contributed by atoms with E-state index in [1.165, 1.54) is 12.1 Å². The molecule has 0 bridgehead atoms. The van der Waals surface area contributed by atoms with Crippen molar-refractivity contribution in [3.63, 3.8) is 0 Å². The van der Waals surface area contributed by atoms with E-state index in [4.69, 9.17) is 9.47 Å². The number of nitrogens with one attached hydrogen (secondary N) is 1. The molecule has 0 heterocycles. The Bertz CT molecular complexity index is 1030. The van der Waals surface area contributed by atoms with Crippen LogP contribution in [-0.2, 0) is 6.61 Å². The quantitative estimate of drug-likeness (QED) is 0.429. The van der Waals surface area contributed by atoms with Crippen molar-refractivity contribution in [1.82, 2.24) is 5.43 Å². The van der Waals surface area contributed by atoms with Crippen LogP contribution in [0, 0.1) is 12.7 Å². The van der Waals surface area contributed by atoms with Gasteiger partial charge < -0.3 is 9.47 Å². The van der Waals surface area contributed by atoms with Crippen molar-refractivity contribution >= 4 is 12.1 Å². The predicted molar refractivity (Wildman–Crippen MR) is 115 cm³/mol. The van der Waals surface area contributed by atoms with E-state index in [1.807, 2.05) is 38.1 Å². The molecule has 0 radical (unpaired) electrons. The number of aryl methyl sites for hydroxylation is 1. The third-order valence-electron chi connectivity index (χ3n) is 4.34. The SMILES string of the molecule is CCOc1cc(/C=N/NC(=O)c2ccccc2C)ccc1OCc1ccc(F)cc1. The van der Waals surface area contributed by atoms with E-state index >= 15 is 0 Å². The maximum absolute atomic E-state index is 13.0. The van der Waals surface area contributed by atoms with Crippen LogP contribution >= 0.6 is 0 Å². The van der Waals surface area contributed by atoms with E-state index in [1.54, 1.807) is 36.5 Å². The van der Waals surface area contributed by atoms with Gasteiger partial charge in [0.15, 0.2) is 11.5 Å². The van der Waals surface area contributed by atoms with E-state index in [2.05, 4.69) is 10.5 Å². The van der Waals surface area contributed by atoms with E-state index in [0.29, 0.717) is 30.3 Å². The maximum Gasteiger partial charge on any atom is 0.271 e. The largest absolute Gasteiger partial charge is 0.490 e. The monoisotopic (exact) mass is 406 g/mol. The van der Waals surface area contributed by atoms with Gasteiger partial charge in [0, 0.05) is 5.56 Å². The van der Waals surface area contributed by atoms with Crippen LogP contribution in [0.25, 0.3) is 0 Å². The summed E-state index contributed by atoms with van der Waals surface area (Å²) in [5, 5.41) is 4.04. The molecule has 0 aliphatic rings. The highest BCUT2D eigenvalue weighted by Crippen LogP contribution is 2.29. The molecule has 0 saturated heterocycles. The molecule has 3 aromatic rings. The number of carbonyl (C=O) groups excluding carboxylic acids is 1. The second-order valence-corrected chi connectivity index (χ2v) is 6.57. The average molecular weight is 406 g/mol. The highest BCUT2D eigenvalue weighted by molar-refractivity contribution is 5.96. The minimum absolute atomic E-state index is 0.270. The fraction of sp³-hybridized carbons (Fsp3) is 0.167. The Hall–Kier alpha value is -3.67. The van der Waals surface area contributed by atoms with Gasteiger partial charge in [-0.1, -0.05) is 30.3 Å². The van der Waals surface area contributed by atoms with E-state index in [-0.39, 0.29) is 11.7 Å². The van der Waals surface area contributed by atoms with Crippen molar-refractivity contribution in [3.05, 3.63) is 94.8 Å². The molecule has 0 saturated carbocycles. The predicted octanol–water partition coefficient (Wildman–Crippen LogP) is 4.88. The summed E-state index contributed by atoms with van der Waals surface area (Å²) in [6.07, 6.45) is 1.54. The molecule has 0 aromatic heterocycles. The van der Waals surface area contributed by atoms with Crippen LogP contribution in [0.2, 0.25) is 0 Å². The number of benzene rings is 3. The van der Waals surface area contributed by atoms with Gasteiger partial charge in [0.05, 0.1) is 12.8 Å². The Morgan fingerprint density at radius 2 is 1.80 bits per heavy atom. The topological polar surface area (TPSA) is 59.9 Å². The van der Waals surface area contributed by atoms with Crippen molar-refractivity contribution in [3.8, 4) is 11.5 Å². The number of rotatable bonds is 8. The Morgan fingerprint density at radius 3 is 2.53 bits per heavy atom. The van der Waals surface area contributed by atoms with Crippen molar-refractivity contribution in [2.24, 2.45) is 5.10 Å². The Morgan fingerprint density at radius 1 is 1.03 bits per heavy atom. The molecule has 1 N–H and O–H groups in total. The summed E-state index contributed by atoms with van der Waals surface area (Å²) in [6.45, 7) is 4.52.